The maximum atomic E-state index is 12.4. The smallest absolute Gasteiger partial charge is 0.233 e. The molecular formula is C17H21N3O3S2. The van der Waals surface area contributed by atoms with Crippen LogP contribution in [0.1, 0.15) is 42.1 Å². The van der Waals surface area contributed by atoms with Crippen LogP contribution in [0.5, 0.6) is 0 Å². The lowest BCUT2D eigenvalue weighted by atomic mass is 10.0. The third-order valence-corrected chi connectivity index (χ3v) is 7.67. The Bertz CT molecular complexity index is 859. The molecular weight excluding hydrogens is 358 g/mol. The molecule has 0 bridgehead atoms. The number of fused-ring (bicyclic) bond motifs is 1. The zero-order valence-corrected chi connectivity index (χ0v) is 16.0. The Hall–Kier alpha value is -1.59. The molecule has 1 amide bonds. The lowest BCUT2D eigenvalue weighted by Crippen LogP contribution is -2.40. The number of hydrogen-bond acceptors (Lipinski definition) is 6. The molecule has 1 aromatic heterocycles. The summed E-state index contributed by atoms with van der Waals surface area (Å²) in [6.45, 7) is 3.71. The summed E-state index contributed by atoms with van der Waals surface area (Å²) < 4.78 is 23.0. The number of aryl methyl sites for hydroxylation is 1. The van der Waals surface area contributed by atoms with Crippen LogP contribution in [0.15, 0.2) is 5.03 Å². The fourth-order valence-electron chi connectivity index (χ4n) is 3.41. The van der Waals surface area contributed by atoms with Gasteiger partial charge in [-0.15, -0.1) is 0 Å². The number of rotatable bonds is 4. The van der Waals surface area contributed by atoms with Crippen LogP contribution in [0.4, 0.5) is 0 Å². The molecule has 1 N–H and O–H groups in total. The summed E-state index contributed by atoms with van der Waals surface area (Å²) in [4.78, 5) is 17.0. The first-order valence-corrected chi connectivity index (χ1v) is 11.1. The van der Waals surface area contributed by atoms with Crippen LogP contribution in [0.25, 0.3) is 0 Å². The molecule has 8 heteroatoms. The number of amides is 1. The number of nitrogens with zero attached hydrogens (tertiary/aromatic N) is 2. The molecule has 0 radical (unpaired) electrons. The Kier molecular flexibility index (Phi) is 5.07. The van der Waals surface area contributed by atoms with Crippen LogP contribution < -0.4 is 5.32 Å². The molecule has 2 aliphatic rings. The highest BCUT2D eigenvalue weighted by Gasteiger charge is 2.31. The molecule has 0 spiro atoms. The van der Waals surface area contributed by atoms with E-state index in [2.05, 4.69) is 16.4 Å². The first-order chi connectivity index (χ1) is 11.8. The summed E-state index contributed by atoms with van der Waals surface area (Å²) in [6, 6.07) is 1.91. The quantitative estimate of drug-likeness (QED) is 0.797. The molecule has 0 saturated carbocycles. The van der Waals surface area contributed by atoms with E-state index in [1.165, 1.54) is 17.3 Å². The van der Waals surface area contributed by atoms with Gasteiger partial charge in [-0.2, -0.15) is 5.26 Å². The van der Waals surface area contributed by atoms with Gasteiger partial charge >= 0.3 is 0 Å². The molecule has 1 aliphatic heterocycles. The van der Waals surface area contributed by atoms with Crippen LogP contribution in [0.2, 0.25) is 0 Å². The van der Waals surface area contributed by atoms with Crippen LogP contribution in [-0.2, 0) is 27.5 Å². The monoisotopic (exact) mass is 379 g/mol. The molecule has 0 unspecified atom stereocenters. The van der Waals surface area contributed by atoms with E-state index in [0.29, 0.717) is 17.0 Å². The summed E-state index contributed by atoms with van der Waals surface area (Å²) in [6.07, 6.45) is 3.38. The first-order valence-electron chi connectivity index (χ1n) is 8.40. The van der Waals surface area contributed by atoms with Gasteiger partial charge in [0.05, 0.1) is 22.3 Å². The molecule has 0 aromatic carbocycles. The molecule has 3 rings (SSSR count). The van der Waals surface area contributed by atoms with Gasteiger partial charge in [0.2, 0.25) is 5.91 Å². The van der Waals surface area contributed by atoms with Crippen LogP contribution in [-0.4, -0.2) is 42.1 Å². The van der Waals surface area contributed by atoms with Crippen molar-refractivity contribution >= 4 is 27.5 Å². The van der Waals surface area contributed by atoms with Crippen molar-refractivity contribution in [3.8, 4) is 6.07 Å². The van der Waals surface area contributed by atoms with Gasteiger partial charge in [0, 0.05) is 11.7 Å². The third kappa shape index (κ3) is 3.82. The lowest BCUT2D eigenvalue weighted by Gasteiger charge is -2.17. The van der Waals surface area contributed by atoms with E-state index < -0.39 is 15.1 Å². The number of nitriles is 1. The maximum Gasteiger partial charge on any atom is 0.233 e. The van der Waals surface area contributed by atoms with E-state index in [0.717, 1.165) is 30.5 Å². The highest BCUT2D eigenvalue weighted by atomic mass is 32.2. The number of pyridine rings is 1. The fraction of sp³-hybridized carbons (Fsp3) is 0.588. The SMILES string of the molecule is Cc1c(C#N)c(S[C@@H](C)C(=O)N[C@H]2CCS(=O)(=O)C2)nc2c1CCC2. The summed E-state index contributed by atoms with van der Waals surface area (Å²) >= 11 is 1.27. The number of carbonyl (C=O) groups excluding carboxylic acids is 1. The fourth-order valence-corrected chi connectivity index (χ4v) is 6.07. The molecule has 134 valence electrons. The van der Waals surface area contributed by atoms with Crippen molar-refractivity contribution in [2.24, 2.45) is 0 Å². The summed E-state index contributed by atoms with van der Waals surface area (Å²) in [5.74, 6) is -0.0738. The van der Waals surface area contributed by atoms with Gasteiger partial charge in [0.15, 0.2) is 9.84 Å². The zero-order chi connectivity index (χ0) is 18.2. The Morgan fingerprint density at radius 2 is 2.20 bits per heavy atom. The average Bonchev–Trinajstić information content (AvgIpc) is 3.14. The molecule has 6 nitrogen and oxygen atoms in total. The molecule has 2 atom stereocenters. The number of sulfone groups is 1. The molecule has 1 saturated heterocycles. The van der Waals surface area contributed by atoms with Gasteiger partial charge in [0.1, 0.15) is 11.1 Å². The van der Waals surface area contributed by atoms with E-state index in [4.69, 9.17) is 0 Å². The van der Waals surface area contributed by atoms with Crippen molar-refractivity contribution in [3.05, 3.63) is 22.4 Å². The van der Waals surface area contributed by atoms with Crippen LogP contribution in [0, 0.1) is 18.3 Å². The van der Waals surface area contributed by atoms with Gasteiger partial charge in [-0.25, -0.2) is 13.4 Å². The number of aromatic nitrogens is 1. The summed E-state index contributed by atoms with van der Waals surface area (Å²) in [5, 5.41) is 12.5. The topological polar surface area (TPSA) is 99.9 Å². The molecule has 2 heterocycles. The van der Waals surface area contributed by atoms with E-state index >= 15 is 0 Å². The highest BCUT2D eigenvalue weighted by Crippen LogP contribution is 2.33. The normalized spacial score (nSPS) is 22.2. The Morgan fingerprint density at radius 1 is 1.44 bits per heavy atom. The van der Waals surface area contributed by atoms with Crippen molar-refractivity contribution in [3.63, 3.8) is 0 Å². The van der Waals surface area contributed by atoms with Crippen LogP contribution in [0.3, 0.4) is 0 Å². The predicted octanol–water partition coefficient (Wildman–Crippen LogP) is 1.53. The number of thioether (sulfide) groups is 1. The minimum Gasteiger partial charge on any atom is -0.351 e. The number of hydrogen-bond donors (Lipinski definition) is 1. The van der Waals surface area contributed by atoms with Crippen molar-refractivity contribution in [2.45, 2.75) is 55.8 Å². The predicted molar refractivity (Wildman–Crippen MR) is 96.2 cm³/mol. The Morgan fingerprint density at radius 3 is 2.84 bits per heavy atom. The van der Waals surface area contributed by atoms with Gasteiger partial charge in [-0.3, -0.25) is 4.79 Å². The highest BCUT2D eigenvalue weighted by molar-refractivity contribution is 8.00. The maximum absolute atomic E-state index is 12.4. The lowest BCUT2D eigenvalue weighted by molar-refractivity contribution is -0.120. The van der Waals surface area contributed by atoms with Crippen molar-refractivity contribution < 1.29 is 13.2 Å². The molecule has 1 aromatic rings. The average molecular weight is 380 g/mol. The van der Waals surface area contributed by atoms with Crippen molar-refractivity contribution in [2.75, 3.05) is 11.5 Å². The Labute approximate surface area is 152 Å². The van der Waals surface area contributed by atoms with Gasteiger partial charge in [-0.05, 0) is 50.7 Å². The van der Waals surface area contributed by atoms with Crippen LogP contribution >= 0.6 is 11.8 Å². The van der Waals surface area contributed by atoms with Gasteiger partial charge < -0.3 is 5.32 Å². The minimum absolute atomic E-state index is 0.00970. The summed E-state index contributed by atoms with van der Waals surface area (Å²) in [7, 11) is -3.03. The largest absolute Gasteiger partial charge is 0.351 e. The second kappa shape index (κ2) is 6.96. The second-order valence-electron chi connectivity index (χ2n) is 6.68. The Balaban J connectivity index is 1.73. The van der Waals surface area contributed by atoms with Crippen molar-refractivity contribution in [1.82, 2.24) is 10.3 Å². The number of nitrogens with one attached hydrogen (secondary N) is 1. The van der Waals surface area contributed by atoms with E-state index in [1.807, 2.05) is 6.92 Å². The van der Waals surface area contributed by atoms with E-state index in [9.17, 15) is 18.5 Å². The minimum atomic E-state index is -3.03. The summed E-state index contributed by atoms with van der Waals surface area (Å²) in [5.41, 5.74) is 3.73. The third-order valence-electron chi connectivity index (χ3n) is 4.81. The molecule has 25 heavy (non-hydrogen) atoms. The standard InChI is InChI=1S/C17H21N3O3S2/c1-10-13-4-3-5-15(13)20-17(14(10)8-18)24-11(2)16(21)19-12-6-7-25(22,23)9-12/h11-12H,3-7,9H2,1-2H3,(H,19,21)/t11-,12-/m0/s1. The zero-order valence-electron chi connectivity index (χ0n) is 14.3. The van der Waals surface area contributed by atoms with Gasteiger partial charge in [0.25, 0.3) is 0 Å². The molecule has 1 aliphatic carbocycles. The van der Waals surface area contributed by atoms with Gasteiger partial charge in [-0.1, -0.05) is 11.8 Å². The first kappa shape index (κ1) is 18.2. The molecule has 1 fully saturated rings. The number of carbonyl (C=O) groups is 1. The van der Waals surface area contributed by atoms with E-state index in [1.54, 1.807) is 6.92 Å². The van der Waals surface area contributed by atoms with Crippen molar-refractivity contribution in [1.29, 1.82) is 5.26 Å². The van der Waals surface area contributed by atoms with E-state index in [-0.39, 0.29) is 23.5 Å². The second-order valence-corrected chi connectivity index (χ2v) is 10.2.